The third-order valence-corrected chi connectivity index (χ3v) is 8.58. The largest absolute Gasteiger partial charge is 0.356 e. The third-order valence-electron chi connectivity index (χ3n) is 5.46. The van der Waals surface area contributed by atoms with Crippen LogP contribution in [0.25, 0.3) is 6.08 Å². The Labute approximate surface area is 173 Å². The zero-order valence-corrected chi connectivity index (χ0v) is 18.4. The molecule has 25 heavy (non-hydrogen) atoms. The fraction of sp³-hybridized carbons (Fsp3) is 0.667. The van der Waals surface area contributed by atoms with E-state index in [4.69, 9.17) is 0 Å². The van der Waals surface area contributed by atoms with E-state index in [1.54, 1.807) is 18.3 Å². The van der Waals surface area contributed by atoms with Crippen molar-refractivity contribution in [1.29, 1.82) is 0 Å². The van der Waals surface area contributed by atoms with E-state index in [9.17, 15) is 0 Å². The summed E-state index contributed by atoms with van der Waals surface area (Å²) >= 11 is 6.14. The molecule has 2 fully saturated rings. The highest BCUT2D eigenvalue weighted by atomic mass is 127. The number of aromatic nitrogens is 2. The molecule has 1 aliphatic heterocycles. The van der Waals surface area contributed by atoms with Gasteiger partial charge in [-0.25, -0.2) is 9.97 Å². The molecule has 0 unspecified atom stereocenters. The van der Waals surface area contributed by atoms with Crippen molar-refractivity contribution in [3.8, 4) is 0 Å². The van der Waals surface area contributed by atoms with Gasteiger partial charge in [0.25, 0.3) is 0 Å². The van der Waals surface area contributed by atoms with Gasteiger partial charge in [-0.3, -0.25) is 2.52 Å². The fourth-order valence-corrected chi connectivity index (χ4v) is 6.50. The molecule has 1 aromatic heterocycles. The van der Waals surface area contributed by atoms with E-state index in [1.165, 1.54) is 55.6 Å². The molecule has 0 aromatic carbocycles. The lowest BCUT2D eigenvalue weighted by Crippen LogP contribution is -2.36. The fourth-order valence-electron chi connectivity index (χ4n) is 3.67. The Morgan fingerprint density at radius 3 is 2.52 bits per heavy atom. The summed E-state index contributed by atoms with van der Waals surface area (Å²) in [5.41, 5.74) is 1.17. The molecule has 2 heterocycles. The molecule has 0 N–H and O–H groups in total. The van der Waals surface area contributed by atoms with E-state index in [1.807, 2.05) is 0 Å². The zero-order valence-electron chi connectivity index (χ0n) is 14.6. The molecule has 0 spiro atoms. The van der Waals surface area contributed by atoms with Crippen molar-refractivity contribution < 1.29 is 0 Å². The highest BCUT2D eigenvalue weighted by Crippen LogP contribution is 2.39. The van der Waals surface area contributed by atoms with Gasteiger partial charge in [-0.1, -0.05) is 0 Å². The van der Waals surface area contributed by atoms with Crippen molar-refractivity contribution >= 4 is 58.5 Å². The molecule has 0 radical (unpaired) electrons. The summed E-state index contributed by atoms with van der Waals surface area (Å²) in [6.45, 7) is 0. The van der Waals surface area contributed by atoms with E-state index in [2.05, 4.69) is 71.3 Å². The Balaban J connectivity index is 1.34. The van der Waals surface area contributed by atoms with Crippen molar-refractivity contribution in [2.45, 2.75) is 49.6 Å². The molecule has 0 amide bonds. The summed E-state index contributed by atoms with van der Waals surface area (Å²) in [6, 6.07) is 0.611. The topological polar surface area (TPSA) is 32.3 Å². The maximum atomic E-state index is 4.61. The van der Waals surface area contributed by atoms with Gasteiger partial charge in [0.15, 0.2) is 0 Å². The lowest BCUT2D eigenvalue weighted by Gasteiger charge is -2.36. The molecular weight excluding hydrogens is 463 g/mol. The molecule has 2 saturated carbocycles. The summed E-state index contributed by atoms with van der Waals surface area (Å²) in [5.74, 6) is 5.85. The third kappa shape index (κ3) is 4.58. The van der Waals surface area contributed by atoms with Crippen LogP contribution in [0.5, 0.6) is 0 Å². The lowest BCUT2D eigenvalue weighted by molar-refractivity contribution is 0.344. The van der Waals surface area contributed by atoms with Crippen molar-refractivity contribution in [2.24, 2.45) is 11.8 Å². The maximum Gasteiger partial charge on any atom is 0.140 e. The minimum Gasteiger partial charge on any atom is -0.356 e. The van der Waals surface area contributed by atoms with Crippen LogP contribution in [0.15, 0.2) is 17.6 Å². The van der Waals surface area contributed by atoms with Gasteiger partial charge in [0, 0.05) is 31.2 Å². The van der Waals surface area contributed by atoms with Gasteiger partial charge < -0.3 is 4.90 Å². The van der Waals surface area contributed by atoms with Crippen LogP contribution in [0.4, 0.5) is 5.82 Å². The maximum absolute atomic E-state index is 4.61. The first-order chi connectivity index (χ1) is 12.2. The molecule has 0 saturated heterocycles. The van der Waals surface area contributed by atoms with Crippen LogP contribution in [0.1, 0.15) is 44.1 Å². The normalized spacial score (nSPS) is 25.8. The summed E-state index contributed by atoms with van der Waals surface area (Å²) in [7, 11) is 2.21. The molecule has 1 aromatic rings. The average Bonchev–Trinajstić information content (AvgIpc) is 3.45. The first-order valence-electron chi connectivity index (χ1n) is 9.17. The molecule has 4 rings (SSSR count). The minimum absolute atomic E-state index is 0.611. The molecule has 7 heteroatoms. The summed E-state index contributed by atoms with van der Waals surface area (Å²) < 4.78 is 2.06. The van der Waals surface area contributed by atoms with E-state index in [0.29, 0.717) is 6.04 Å². The Hall–Kier alpha value is -0.150. The van der Waals surface area contributed by atoms with Crippen LogP contribution in [-0.2, 0) is 0 Å². The summed E-state index contributed by atoms with van der Waals surface area (Å²) in [5, 5.41) is 1.05. The molecule has 2 aliphatic carbocycles. The SMILES string of the molecule is CN(c1ncnc2c1C=CN(I)S2)C1CCC(CSCC2CC2)CC1. The number of anilines is 1. The predicted octanol–water partition coefficient (Wildman–Crippen LogP) is 5.26. The predicted molar refractivity (Wildman–Crippen MR) is 117 cm³/mol. The molecule has 0 bridgehead atoms. The van der Waals surface area contributed by atoms with Crippen molar-refractivity contribution in [2.75, 3.05) is 23.5 Å². The van der Waals surface area contributed by atoms with Gasteiger partial charge in [-0.2, -0.15) is 11.8 Å². The van der Waals surface area contributed by atoms with Crippen LogP contribution >= 0.6 is 46.6 Å². The van der Waals surface area contributed by atoms with Crippen LogP contribution in [0.2, 0.25) is 0 Å². The Bertz CT molecular complexity index is 630. The average molecular weight is 488 g/mol. The van der Waals surface area contributed by atoms with E-state index >= 15 is 0 Å². The zero-order chi connectivity index (χ0) is 17.2. The van der Waals surface area contributed by atoms with Crippen molar-refractivity contribution in [3.05, 3.63) is 18.1 Å². The Kier molecular flexibility index (Phi) is 6.01. The first-order valence-corrected chi connectivity index (χ1v) is 12.1. The van der Waals surface area contributed by atoms with E-state index < -0.39 is 0 Å². The van der Waals surface area contributed by atoms with Crippen molar-refractivity contribution in [1.82, 2.24) is 12.5 Å². The number of hydrogen-bond acceptors (Lipinski definition) is 6. The second-order valence-corrected chi connectivity index (χ2v) is 11.1. The lowest BCUT2D eigenvalue weighted by atomic mass is 9.86. The van der Waals surface area contributed by atoms with Crippen LogP contribution in [-0.4, -0.2) is 37.1 Å². The number of halogens is 1. The van der Waals surface area contributed by atoms with Crippen LogP contribution in [0, 0.1) is 11.8 Å². The summed E-state index contributed by atoms with van der Waals surface area (Å²) in [4.78, 5) is 11.5. The highest BCUT2D eigenvalue weighted by molar-refractivity contribution is 14.1. The summed E-state index contributed by atoms with van der Waals surface area (Å²) in [6.07, 6.45) is 14.2. The Morgan fingerprint density at radius 2 is 1.84 bits per heavy atom. The minimum atomic E-state index is 0.611. The monoisotopic (exact) mass is 488 g/mol. The second kappa shape index (κ2) is 8.25. The molecular formula is C18H25IN4S2. The van der Waals surface area contributed by atoms with Crippen LogP contribution < -0.4 is 4.90 Å². The standard InChI is InChI=1S/C18H25IN4S2/c1-22(17-16-8-9-23(19)25-18(16)21-12-20-17)15-6-4-14(5-7-15)11-24-10-13-2-3-13/h8-9,12-15H,2-7,10-11H2,1H3. The van der Waals surface area contributed by atoms with Gasteiger partial charge in [-0.05, 0) is 67.9 Å². The first kappa shape index (κ1) is 18.2. The number of fused-ring (bicyclic) bond motifs is 1. The quantitative estimate of drug-likeness (QED) is 0.235. The number of nitrogens with zero attached hydrogens (tertiary/aromatic N) is 4. The highest BCUT2D eigenvalue weighted by Gasteiger charge is 2.28. The van der Waals surface area contributed by atoms with Gasteiger partial charge in [0.2, 0.25) is 0 Å². The smallest absolute Gasteiger partial charge is 0.140 e. The number of thioether (sulfide) groups is 1. The van der Waals surface area contributed by atoms with Crippen molar-refractivity contribution in [3.63, 3.8) is 0 Å². The van der Waals surface area contributed by atoms with E-state index in [-0.39, 0.29) is 0 Å². The van der Waals surface area contributed by atoms with Gasteiger partial charge in [0.1, 0.15) is 17.2 Å². The molecule has 4 nitrogen and oxygen atoms in total. The number of hydrogen-bond donors (Lipinski definition) is 0. The second-order valence-electron chi connectivity index (χ2n) is 7.36. The molecule has 3 aliphatic rings. The van der Waals surface area contributed by atoms with Crippen LogP contribution in [0.3, 0.4) is 0 Å². The number of rotatable bonds is 6. The van der Waals surface area contributed by atoms with Gasteiger partial charge in [0.05, 0.1) is 28.4 Å². The van der Waals surface area contributed by atoms with Gasteiger partial charge in [-0.15, -0.1) is 0 Å². The van der Waals surface area contributed by atoms with Gasteiger partial charge >= 0.3 is 0 Å². The Morgan fingerprint density at radius 1 is 1.16 bits per heavy atom. The molecule has 0 atom stereocenters. The van der Waals surface area contributed by atoms with E-state index in [0.717, 1.165) is 22.7 Å². The molecule has 136 valence electrons.